The molecule has 7 nitrogen and oxygen atoms in total. The molecule has 0 aromatic carbocycles. The Hall–Kier alpha value is -0.0100. The molecule has 4 aliphatic carbocycles. The number of methoxy groups -OCH3 is 2. The van der Waals surface area contributed by atoms with E-state index in [2.05, 4.69) is 27.7 Å². The molecule has 3 unspecified atom stereocenters. The summed E-state index contributed by atoms with van der Waals surface area (Å²) in [6.45, 7) is 10.8. The van der Waals surface area contributed by atoms with Crippen LogP contribution in [0.1, 0.15) is 91.9 Å². The molecular formula is C32H59O7P. The summed E-state index contributed by atoms with van der Waals surface area (Å²) in [5, 5.41) is 0. The summed E-state index contributed by atoms with van der Waals surface area (Å²) in [7, 11) is 3.52. The van der Waals surface area contributed by atoms with Gasteiger partial charge in [0.2, 0.25) is 0 Å². The zero-order valence-electron chi connectivity index (χ0n) is 26.7. The van der Waals surface area contributed by atoms with Gasteiger partial charge in [0.25, 0.3) is 0 Å². The summed E-state index contributed by atoms with van der Waals surface area (Å²) >= 11 is 0. The van der Waals surface area contributed by atoms with Gasteiger partial charge in [-0.25, -0.2) is 0 Å². The van der Waals surface area contributed by atoms with Crippen LogP contribution in [0, 0.1) is 52.3 Å². The van der Waals surface area contributed by atoms with E-state index in [9.17, 15) is 4.57 Å². The molecule has 0 aliphatic heterocycles. The molecule has 0 amide bonds. The molecule has 4 aliphatic rings. The Labute approximate surface area is 244 Å². The lowest BCUT2D eigenvalue weighted by Gasteiger charge is -2.65. The highest BCUT2D eigenvalue weighted by atomic mass is 31.2. The van der Waals surface area contributed by atoms with E-state index in [1.165, 1.54) is 46.3 Å². The minimum absolute atomic E-state index is 0.238. The fourth-order valence-electron chi connectivity index (χ4n) is 10.6. The van der Waals surface area contributed by atoms with E-state index in [4.69, 9.17) is 28.0 Å². The third-order valence-electron chi connectivity index (χ3n) is 12.5. The van der Waals surface area contributed by atoms with Gasteiger partial charge in [-0.3, -0.25) is 4.57 Å². The van der Waals surface area contributed by atoms with E-state index in [1.807, 2.05) is 0 Å². The van der Waals surface area contributed by atoms with Crippen molar-refractivity contribution in [3.05, 3.63) is 0 Å². The number of ether oxygens (including phenoxy) is 4. The van der Waals surface area contributed by atoms with Crippen molar-refractivity contribution in [3.8, 4) is 0 Å². The average Bonchev–Trinajstić information content (AvgIpc) is 3.31. The molecule has 0 aromatic rings. The van der Waals surface area contributed by atoms with Gasteiger partial charge in [-0.15, -0.1) is 0 Å². The van der Waals surface area contributed by atoms with Crippen molar-refractivity contribution in [2.45, 2.75) is 104 Å². The van der Waals surface area contributed by atoms with E-state index in [1.54, 1.807) is 14.2 Å². The molecule has 4 fully saturated rings. The minimum Gasteiger partial charge on any atom is -0.359 e. The molecule has 234 valence electrons. The van der Waals surface area contributed by atoms with Crippen molar-refractivity contribution >= 4 is 7.60 Å². The Morgan fingerprint density at radius 3 is 2.15 bits per heavy atom. The molecule has 0 spiro atoms. The highest BCUT2D eigenvalue weighted by Gasteiger charge is 2.65. The van der Waals surface area contributed by atoms with Crippen molar-refractivity contribution in [1.29, 1.82) is 0 Å². The highest BCUT2D eigenvalue weighted by molar-refractivity contribution is 7.53. The summed E-state index contributed by atoms with van der Waals surface area (Å²) in [6.07, 6.45) is 12.8. The summed E-state index contributed by atoms with van der Waals surface area (Å²) in [5.74, 6) is 4.35. The first-order chi connectivity index (χ1) is 19.1. The molecular weight excluding hydrogens is 527 g/mol. The molecule has 0 saturated heterocycles. The van der Waals surface area contributed by atoms with E-state index in [0.717, 1.165) is 32.1 Å². The van der Waals surface area contributed by atoms with Crippen molar-refractivity contribution < 1.29 is 32.6 Å². The molecule has 11 atom stereocenters. The average molecular weight is 587 g/mol. The van der Waals surface area contributed by atoms with Crippen LogP contribution in [0.15, 0.2) is 0 Å². The van der Waals surface area contributed by atoms with Crippen LogP contribution in [0.4, 0.5) is 0 Å². The third kappa shape index (κ3) is 6.14. The molecule has 0 N–H and O–H groups in total. The van der Waals surface area contributed by atoms with Crippen LogP contribution < -0.4 is 0 Å². The normalized spacial score (nSPS) is 42.2. The maximum absolute atomic E-state index is 12.6. The van der Waals surface area contributed by atoms with Gasteiger partial charge < -0.3 is 28.0 Å². The van der Waals surface area contributed by atoms with Crippen LogP contribution in [0.2, 0.25) is 0 Å². The topological polar surface area (TPSA) is 72.5 Å². The van der Waals surface area contributed by atoms with E-state index in [0.29, 0.717) is 72.0 Å². The smallest absolute Gasteiger partial charge is 0.330 e. The van der Waals surface area contributed by atoms with Crippen LogP contribution in [0.3, 0.4) is 0 Å². The summed E-state index contributed by atoms with van der Waals surface area (Å²) in [5.41, 5.74) is 0.652. The monoisotopic (exact) mass is 586 g/mol. The van der Waals surface area contributed by atoms with Gasteiger partial charge in [-0.05, 0) is 110 Å². The standard InChI is InChI=1S/C32H59O7P/c1-9-24-28-19-23(38-20-34-5)14-16-32(28,4)27-15-17-31(3)25(22(2)11-10-18-40(33,36-7)37-8)12-13-26(31)29(27)30(24)39-21-35-6/h22-30H,9-21H2,1-8H3/t22-,23-,24-,25-,26?,27?,28+,29?,30-,31-,32-/m1/s1. The Kier molecular flexibility index (Phi) is 11.3. The van der Waals surface area contributed by atoms with Crippen LogP contribution in [0.25, 0.3) is 0 Å². The van der Waals surface area contributed by atoms with Crippen molar-refractivity contribution in [2.75, 3.05) is 48.2 Å². The first-order valence-electron chi connectivity index (χ1n) is 16.0. The molecule has 8 heteroatoms. The highest BCUT2D eigenvalue weighted by Crippen LogP contribution is 2.70. The Morgan fingerprint density at radius 1 is 0.850 bits per heavy atom. The van der Waals surface area contributed by atoms with Gasteiger partial charge in [0.15, 0.2) is 0 Å². The van der Waals surface area contributed by atoms with Gasteiger partial charge in [0, 0.05) is 28.4 Å². The SMILES string of the molecule is CC[C@H]1[C@@H](OCOC)C2C3CC[C@H]([C@H](C)CCCP(=O)(OC)OC)[C@@]3(C)CCC2[C@@]2(C)CC[C@@H](OCOC)C[C@@H]12. The van der Waals surface area contributed by atoms with Gasteiger partial charge in [-0.1, -0.05) is 34.1 Å². The summed E-state index contributed by atoms with van der Waals surface area (Å²) in [6, 6.07) is 0. The molecule has 0 heterocycles. The maximum atomic E-state index is 12.6. The summed E-state index contributed by atoms with van der Waals surface area (Å²) < 4.78 is 46.7. The lowest BCUT2D eigenvalue weighted by Crippen LogP contribution is -2.63. The molecule has 4 rings (SSSR count). The maximum Gasteiger partial charge on any atom is 0.330 e. The molecule has 40 heavy (non-hydrogen) atoms. The molecule has 0 bridgehead atoms. The molecule has 0 aromatic heterocycles. The van der Waals surface area contributed by atoms with E-state index >= 15 is 0 Å². The third-order valence-corrected chi connectivity index (χ3v) is 14.5. The van der Waals surface area contributed by atoms with Crippen molar-refractivity contribution in [2.24, 2.45) is 52.3 Å². The van der Waals surface area contributed by atoms with Gasteiger partial charge in [0.05, 0.1) is 18.4 Å². The lowest BCUT2D eigenvalue weighted by molar-refractivity contribution is -0.239. The van der Waals surface area contributed by atoms with Gasteiger partial charge in [-0.2, -0.15) is 0 Å². The van der Waals surface area contributed by atoms with E-state index in [-0.39, 0.29) is 12.2 Å². The minimum atomic E-state index is -2.94. The van der Waals surface area contributed by atoms with Crippen molar-refractivity contribution in [1.82, 2.24) is 0 Å². The number of hydrogen-bond donors (Lipinski definition) is 0. The van der Waals surface area contributed by atoms with Crippen LogP contribution in [-0.4, -0.2) is 60.4 Å². The number of fused-ring (bicyclic) bond motifs is 5. The van der Waals surface area contributed by atoms with E-state index < -0.39 is 7.60 Å². The Balaban J connectivity index is 1.56. The fourth-order valence-corrected chi connectivity index (χ4v) is 11.7. The fraction of sp³-hybridized carbons (Fsp3) is 1.00. The van der Waals surface area contributed by atoms with Gasteiger partial charge >= 0.3 is 7.60 Å². The van der Waals surface area contributed by atoms with Crippen LogP contribution in [0.5, 0.6) is 0 Å². The second-order valence-electron chi connectivity index (χ2n) is 14.0. The predicted octanol–water partition coefficient (Wildman–Crippen LogP) is 7.77. The lowest BCUT2D eigenvalue weighted by atomic mass is 9.41. The Morgan fingerprint density at radius 2 is 1.50 bits per heavy atom. The molecule has 4 saturated carbocycles. The quantitative estimate of drug-likeness (QED) is 0.152. The van der Waals surface area contributed by atoms with Gasteiger partial charge in [0.1, 0.15) is 13.6 Å². The predicted molar refractivity (Wildman–Crippen MR) is 158 cm³/mol. The largest absolute Gasteiger partial charge is 0.359 e. The first kappa shape index (κ1) is 32.9. The second-order valence-corrected chi connectivity index (χ2v) is 16.4. The zero-order valence-corrected chi connectivity index (χ0v) is 27.6. The number of hydrogen-bond acceptors (Lipinski definition) is 7. The first-order valence-corrected chi connectivity index (χ1v) is 17.8. The van der Waals surface area contributed by atoms with Crippen molar-refractivity contribution in [3.63, 3.8) is 0 Å². The second kappa shape index (κ2) is 13.7. The molecule has 0 radical (unpaired) electrons. The van der Waals surface area contributed by atoms with Crippen LogP contribution >= 0.6 is 7.60 Å². The summed E-state index contributed by atoms with van der Waals surface area (Å²) in [4.78, 5) is 0. The van der Waals surface area contributed by atoms with Crippen LogP contribution in [-0.2, 0) is 32.6 Å². The number of rotatable bonds is 14. The zero-order chi connectivity index (χ0) is 29.1. The Bertz CT molecular complexity index is 847.